The summed E-state index contributed by atoms with van der Waals surface area (Å²) in [5, 5.41) is 5.65. The van der Waals surface area contributed by atoms with E-state index in [9.17, 15) is 9.59 Å². The third-order valence-corrected chi connectivity index (χ3v) is 7.28. The first-order chi connectivity index (χ1) is 13.8. The summed E-state index contributed by atoms with van der Waals surface area (Å²) in [7, 11) is 0. The number of allylic oxidation sites excluding steroid dienone is 4. The second-order valence-corrected chi connectivity index (χ2v) is 8.57. The molecule has 1 aromatic heterocycles. The average molecular weight is 385 g/mol. The van der Waals surface area contributed by atoms with E-state index < -0.39 is 0 Å². The van der Waals surface area contributed by atoms with E-state index in [4.69, 9.17) is 0 Å². The lowest BCUT2D eigenvalue weighted by Crippen LogP contribution is -2.31. The van der Waals surface area contributed by atoms with Gasteiger partial charge in [-0.1, -0.05) is 36.5 Å². The van der Waals surface area contributed by atoms with Gasteiger partial charge in [0.25, 0.3) is 11.8 Å². The summed E-state index contributed by atoms with van der Waals surface area (Å²) in [4.78, 5) is 28.2. The number of aromatic nitrogens is 1. The van der Waals surface area contributed by atoms with Gasteiger partial charge in [-0.15, -0.1) is 11.8 Å². The maximum Gasteiger partial charge on any atom is 0.259 e. The van der Waals surface area contributed by atoms with Crippen molar-refractivity contribution >= 4 is 51.8 Å². The van der Waals surface area contributed by atoms with E-state index in [1.165, 1.54) is 5.35 Å². The van der Waals surface area contributed by atoms with Crippen LogP contribution in [0.3, 0.4) is 0 Å². The second-order valence-electron chi connectivity index (χ2n) is 7.65. The molecule has 2 aliphatic carbocycles. The summed E-state index contributed by atoms with van der Waals surface area (Å²) in [6.07, 6.45) is 15.5. The van der Waals surface area contributed by atoms with E-state index in [1.807, 2.05) is 17.8 Å². The Kier molecular flexibility index (Phi) is 2.62. The molecule has 4 heterocycles. The van der Waals surface area contributed by atoms with Gasteiger partial charge in [0.15, 0.2) is 0 Å². The monoisotopic (exact) mass is 385 g/mol. The van der Waals surface area contributed by atoms with Crippen molar-refractivity contribution < 1.29 is 9.59 Å². The van der Waals surface area contributed by atoms with Gasteiger partial charge in [0.1, 0.15) is 0 Å². The van der Waals surface area contributed by atoms with E-state index in [0.717, 1.165) is 51.1 Å². The first kappa shape index (κ1) is 15.0. The number of benzene rings is 1. The lowest BCUT2D eigenvalue weighted by atomic mass is 9.94. The maximum atomic E-state index is 12.9. The fourth-order valence-electron chi connectivity index (χ4n) is 5.36. The van der Waals surface area contributed by atoms with Crippen molar-refractivity contribution in [2.75, 3.05) is 10.8 Å². The largest absolute Gasteiger partial charge is 0.349 e. The number of fused-ring (bicyclic) bond motifs is 8. The average Bonchev–Trinajstić information content (AvgIpc) is 3.25. The van der Waals surface area contributed by atoms with Crippen molar-refractivity contribution in [3.05, 3.63) is 63.7 Å². The van der Waals surface area contributed by atoms with Gasteiger partial charge in [-0.3, -0.25) is 14.9 Å². The molecule has 0 bridgehead atoms. The third-order valence-electron chi connectivity index (χ3n) is 6.37. The Balaban J connectivity index is 1.82. The molecule has 5 nitrogen and oxygen atoms in total. The van der Waals surface area contributed by atoms with Crippen LogP contribution in [-0.2, 0) is 12.3 Å². The number of nitrogens with zero attached hydrogens (tertiary/aromatic N) is 2. The SMILES string of the molecule is O=C1NC(=O)c2c1c1c3c4c2c2c(n4CSCN3C3C=CC=CC=13)=CC=CC2. The lowest BCUT2D eigenvalue weighted by molar-refractivity contribution is 0.0880. The van der Waals surface area contributed by atoms with Gasteiger partial charge in [0.2, 0.25) is 0 Å². The third kappa shape index (κ3) is 1.54. The Morgan fingerprint density at radius 3 is 2.89 bits per heavy atom. The van der Waals surface area contributed by atoms with Gasteiger partial charge in [-0.05, 0) is 23.6 Å². The number of carbonyl (C=O) groups is 2. The van der Waals surface area contributed by atoms with E-state index in [0.29, 0.717) is 11.1 Å². The number of anilines is 1. The van der Waals surface area contributed by atoms with Crippen LogP contribution in [0.5, 0.6) is 0 Å². The van der Waals surface area contributed by atoms with Crippen LogP contribution in [0.15, 0.2) is 36.5 Å². The summed E-state index contributed by atoms with van der Waals surface area (Å²) in [6, 6.07) is 0.117. The smallest absolute Gasteiger partial charge is 0.259 e. The predicted octanol–water partition coefficient (Wildman–Crippen LogP) is 1.54. The zero-order chi connectivity index (χ0) is 18.6. The van der Waals surface area contributed by atoms with Crippen molar-refractivity contribution in [2.45, 2.75) is 18.3 Å². The van der Waals surface area contributed by atoms with Crippen LogP contribution < -0.4 is 20.8 Å². The standard InChI is InChI=1S/C22H15N3O2S/c26-21-17-15-11-5-1-3-7-13(11)24-9-28-10-25-14-8-4-2-6-12(14)16(20(25)19(15)24)18(17)22(27)23-21/h1-5,7-8,13H,6,9-10H2,(H,23,26,27). The fraction of sp³-hybridized carbons (Fsp3) is 0.182. The molecule has 5 aliphatic rings. The Hall–Kier alpha value is -2.99. The summed E-state index contributed by atoms with van der Waals surface area (Å²) in [5.74, 6) is 1.17. The van der Waals surface area contributed by atoms with Crippen LogP contribution in [0.1, 0.15) is 26.3 Å². The van der Waals surface area contributed by atoms with Gasteiger partial charge in [0.05, 0.1) is 40.1 Å². The highest BCUT2D eigenvalue weighted by atomic mass is 32.2. The van der Waals surface area contributed by atoms with E-state index in [2.05, 4.69) is 51.2 Å². The van der Waals surface area contributed by atoms with Crippen molar-refractivity contribution in [1.82, 2.24) is 9.88 Å². The molecule has 136 valence electrons. The van der Waals surface area contributed by atoms with Crippen LogP contribution in [0.2, 0.25) is 0 Å². The first-order valence-corrected chi connectivity index (χ1v) is 10.6. The van der Waals surface area contributed by atoms with Gasteiger partial charge < -0.3 is 9.47 Å². The van der Waals surface area contributed by atoms with Gasteiger partial charge in [-0.2, -0.15) is 0 Å². The minimum absolute atomic E-state index is 0.117. The number of carbonyl (C=O) groups excluding carboxylic acids is 2. The van der Waals surface area contributed by atoms with Gasteiger partial charge in [0, 0.05) is 16.0 Å². The lowest BCUT2D eigenvalue weighted by Gasteiger charge is -2.27. The summed E-state index contributed by atoms with van der Waals surface area (Å²) < 4.78 is 2.35. The molecule has 0 spiro atoms. The van der Waals surface area contributed by atoms with Crippen LogP contribution >= 0.6 is 11.8 Å². The Morgan fingerprint density at radius 1 is 1.07 bits per heavy atom. The molecule has 0 fully saturated rings. The van der Waals surface area contributed by atoms with Gasteiger partial charge >= 0.3 is 0 Å². The maximum absolute atomic E-state index is 12.9. The number of hydrogen-bond acceptors (Lipinski definition) is 4. The summed E-state index contributed by atoms with van der Waals surface area (Å²) in [6.45, 7) is 0. The Labute approximate surface area is 164 Å². The number of hydrogen-bond donors (Lipinski definition) is 1. The highest BCUT2D eigenvalue weighted by Crippen LogP contribution is 2.42. The quantitative estimate of drug-likeness (QED) is 0.699. The summed E-state index contributed by atoms with van der Waals surface area (Å²) >= 11 is 1.87. The molecular formula is C22H15N3O2S. The van der Waals surface area contributed by atoms with Crippen LogP contribution in [-0.4, -0.2) is 28.3 Å². The van der Waals surface area contributed by atoms with E-state index >= 15 is 0 Å². The Morgan fingerprint density at radius 2 is 1.96 bits per heavy atom. The number of thioether (sulfide) groups is 1. The van der Waals surface area contributed by atoms with E-state index in [-0.39, 0.29) is 17.9 Å². The van der Waals surface area contributed by atoms with Crippen LogP contribution in [0.4, 0.5) is 5.69 Å². The number of rotatable bonds is 0. The first-order valence-electron chi connectivity index (χ1n) is 9.42. The van der Waals surface area contributed by atoms with Crippen molar-refractivity contribution in [3.8, 4) is 0 Å². The number of amides is 2. The highest BCUT2D eigenvalue weighted by molar-refractivity contribution is 7.98. The van der Waals surface area contributed by atoms with Crippen molar-refractivity contribution in [2.24, 2.45) is 0 Å². The van der Waals surface area contributed by atoms with Gasteiger partial charge in [-0.25, -0.2) is 0 Å². The molecule has 7 rings (SSSR count). The predicted molar refractivity (Wildman–Crippen MR) is 111 cm³/mol. The molecule has 3 aliphatic heterocycles. The fourth-order valence-corrected chi connectivity index (χ4v) is 6.38. The minimum atomic E-state index is -0.266. The molecule has 1 aromatic carbocycles. The molecule has 1 unspecified atom stereocenters. The number of nitrogens with one attached hydrogen (secondary N) is 1. The molecule has 28 heavy (non-hydrogen) atoms. The Bertz CT molecular complexity index is 1390. The topological polar surface area (TPSA) is 54.3 Å². The highest BCUT2D eigenvalue weighted by Gasteiger charge is 2.42. The molecule has 6 heteroatoms. The molecule has 0 radical (unpaired) electrons. The zero-order valence-electron chi connectivity index (χ0n) is 14.9. The molecule has 2 aromatic rings. The van der Waals surface area contributed by atoms with Crippen molar-refractivity contribution in [1.29, 1.82) is 0 Å². The molecular weight excluding hydrogens is 370 g/mol. The normalized spacial score (nSPS) is 22.9. The molecule has 1 N–H and O–H groups in total. The molecule has 1 atom stereocenters. The molecule has 2 amide bonds. The summed E-state index contributed by atoms with van der Waals surface area (Å²) in [5.41, 5.74) is 5.64. The molecule has 0 saturated heterocycles. The second kappa shape index (κ2) is 4.89. The minimum Gasteiger partial charge on any atom is -0.349 e. The van der Waals surface area contributed by atoms with Crippen LogP contribution in [0, 0.1) is 0 Å². The zero-order valence-corrected chi connectivity index (χ0v) is 15.7. The van der Waals surface area contributed by atoms with E-state index in [1.54, 1.807) is 0 Å². The van der Waals surface area contributed by atoms with Crippen LogP contribution in [0.25, 0.3) is 22.6 Å². The van der Waals surface area contributed by atoms with Crippen molar-refractivity contribution in [3.63, 3.8) is 0 Å². The number of imide groups is 1. The molecule has 0 saturated carbocycles.